The second-order valence-corrected chi connectivity index (χ2v) is 6.42. The number of hydrogen-bond acceptors (Lipinski definition) is 5. The minimum absolute atomic E-state index is 0.314. The smallest absolute Gasteiger partial charge is 0.338 e. The molecule has 25 heavy (non-hydrogen) atoms. The van der Waals surface area contributed by atoms with Crippen LogP contribution in [-0.4, -0.2) is 23.6 Å². The van der Waals surface area contributed by atoms with Gasteiger partial charge in [0.25, 0.3) is 0 Å². The van der Waals surface area contributed by atoms with Gasteiger partial charge in [-0.25, -0.2) is 14.6 Å². The molecule has 0 aliphatic carbocycles. The van der Waals surface area contributed by atoms with Crippen LogP contribution in [0.15, 0.2) is 42.5 Å². The molecule has 128 valence electrons. The third kappa shape index (κ3) is 4.07. The number of urea groups is 1. The Morgan fingerprint density at radius 3 is 2.76 bits per heavy atom. The summed E-state index contributed by atoms with van der Waals surface area (Å²) >= 11 is 7.28. The molecule has 0 spiro atoms. The fourth-order valence-corrected chi connectivity index (χ4v) is 3.22. The molecule has 2 aromatic carbocycles. The van der Waals surface area contributed by atoms with Crippen LogP contribution in [0.3, 0.4) is 0 Å². The van der Waals surface area contributed by atoms with Crippen LogP contribution >= 0.6 is 22.9 Å². The summed E-state index contributed by atoms with van der Waals surface area (Å²) < 4.78 is 5.76. The minimum Gasteiger partial charge on any atom is -0.462 e. The Hall–Kier alpha value is -2.64. The zero-order valence-electron chi connectivity index (χ0n) is 13.2. The lowest BCUT2D eigenvalue weighted by Gasteiger charge is -2.06. The summed E-state index contributed by atoms with van der Waals surface area (Å²) in [5.41, 5.74) is 1.64. The molecule has 3 rings (SSSR count). The number of anilines is 2. The maximum absolute atomic E-state index is 12.1. The maximum Gasteiger partial charge on any atom is 0.338 e. The van der Waals surface area contributed by atoms with Gasteiger partial charge < -0.3 is 10.1 Å². The van der Waals surface area contributed by atoms with Gasteiger partial charge in [-0.3, -0.25) is 5.32 Å². The fourth-order valence-electron chi connectivity index (χ4n) is 2.13. The Morgan fingerprint density at radius 2 is 2.00 bits per heavy atom. The number of ether oxygens (including phenoxy) is 1. The van der Waals surface area contributed by atoms with Crippen molar-refractivity contribution in [3.63, 3.8) is 0 Å². The van der Waals surface area contributed by atoms with Gasteiger partial charge in [0.1, 0.15) is 0 Å². The van der Waals surface area contributed by atoms with E-state index in [0.717, 1.165) is 4.70 Å². The van der Waals surface area contributed by atoms with E-state index in [2.05, 4.69) is 15.6 Å². The Balaban J connectivity index is 1.74. The number of hydrogen-bond donors (Lipinski definition) is 2. The summed E-state index contributed by atoms with van der Waals surface area (Å²) in [4.78, 5) is 28.2. The summed E-state index contributed by atoms with van der Waals surface area (Å²) in [5.74, 6) is -0.385. The molecule has 6 nitrogen and oxygen atoms in total. The van der Waals surface area contributed by atoms with Crippen molar-refractivity contribution in [1.82, 2.24) is 4.98 Å². The highest BCUT2D eigenvalue weighted by molar-refractivity contribution is 7.22. The van der Waals surface area contributed by atoms with E-state index in [0.29, 0.717) is 33.5 Å². The Bertz CT molecular complexity index is 942. The Morgan fingerprint density at radius 1 is 1.20 bits per heavy atom. The SMILES string of the molecule is CCOC(=O)c1ccc2nc(NC(=O)Nc3ccccc3Cl)sc2c1. The van der Waals surface area contributed by atoms with Crippen molar-refractivity contribution in [3.8, 4) is 0 Å². The van der Waals surface area contributed by atoms with Crippen LogP contribution in [0.1, 0.15) is 17.3 Å². The van der Waals surface area contributed by atoms with E-state index >= 15 is 0 Å². The maximum atomic E-state index is 12.1. The third-order valence-electron chi connectivity index (χ3n) is 3.24. The monoisotopic (exact) mass is 375 g/mol. The predicted octanol–water partition coefficient (Wildman–Crippen LogP) is 4.77. The number of thiazole rings is 1. The van der Waals surface area contributed by atoms with Gasteiger partial charge in [0, 0.05) is 0 Å². The van der Waals surface area contributed by atoms with Gasteiger partial charge in [-0.1, -0.05) is 35.1 Å². The fraction of sp³-hybridized carbons (Fsp3) is 0.118. The molecule has 3 aromatic rings. The number of fused-ring (bicyclic) bond motifs is 1. The molecule has 1 aromatic heterocycles. The number of carbonyl (C=O) groups excluding carboxylic acids is 2. The molecule has 0 atom stereocenters. The van der Waals surface area contributed by atoms with Crippen molar-refractivity contribution in [1.29, 1.82) is 0 Å². The molecule has 1 heterocycles. The number of para-hydroxylation sites is 1. The van der Waals surface area contributed by atoms with Crippen LogP contribution in [0.2, 0.25) is 5.02 Å². The molecule has 0 fully saturated rings. The largest absolute Gasteiger partial charge is 0.462 e. The standard InChI is InChI=1S/C17H14ClN3O3S/c1-2-24-15(22)10-7-8-13-14(9-10)25-17(20-13)21-16(23)19-12-6-4-3-5-11(12)18/h3-9H,2H2,1H3,(H2,19,20,21,23). The van der Waals surface area contributed by atoms with E-state index in [4.69, 9.17) is 16.3 Å². The average molecular weight is 376 g/mol. The van der Waals surface area contributed by atoms with E-state index in [1.807, 2.05) is 0 Å². The quantitative estimate of drug-likeness (QED) is 0.643. The van der Waals surface area contributed by atoms with Crippen molar-refractivity contribution in [2.75, 3.05) is 17.2 Å². The first-order valence-electron chi connectivity index (χ1n) is 7.47. The van der Waals surface area contributed by atoms with Crippen LogP contribution in [0.5, 0.6) is 0 Å². The summed E-state index contributed by atoms with van der Waals surface area (Å²) in [7, 11) is 0. The van der Waals surface area contributed by atoms with Crippen molar-refractivity contribution >= 4 is 56.0 Å². The molecule has 0 radical (unpaired) electrons. The molecular formula is C17H14ClN3O3S. The van der Waals surface area contributed by atoms with Crippen LogP contribution in [0.4, 0.5) is 15.6 Å². The van der Waals surface area contributed by atoms with Gasteiger partial charge in [0.15, 0.2) is 5.13 Å². The molecule has 0 saturated carbocycles. The zero-order valence-corrected chi connectivity index (χ0v) is 14.8. The molecule has 8 heteroatoms. The normalized spacial score (nSPS) is 10.5. The highest BCUT2D eigenvalue weighted by Gasteiger charge is 2.12. The zero-order chi connectivity index (χ0) is 17.8. The molecule has 0 unspecified atom stereocenters. The lowest BCUT2D eigenvalue weighted by molar-refractivity contribution is 0.0526. The number of amides is 2. The summed E-state index contributed by atoms with van der Waals surface area (Å²) in [6.45, 7) is 2.07. The average Bonchev–Trinajstić information content (AvgIpc) is 2.98. The number of rotatable bonds is 4. The predicted molar refractivity (Wildman–Crippen MR) is 99.7 cm³/mol. The van der Waals surface area contributed by atoms with Crippen LogP contribution in [-0.2, 0) is 4.74 Å². The topological polar surface area (TPSA) is 80.3 Å². The van der Waals surface area contributed by atoms with E-state index < -0.39 is 6.03 Å². The second-order valence-electron chi connectivity index (χ2n) is 4.98. The second kappa shape index (κ2) is 7.50. The third-order valence-corrected chi connectivity index (χ3v) is 4.51. The highest BCUT2D eigenvalue weighted by atomic mass is 35.5. The first-order valence-corrected chi connectivity index (χ1v) is 8.66. The van der Waals surface area contributed by atoms with Gasteiger partial charge in [0.2, 0.25) is 0 Å². The van der Waals surface area contributed by atoms with Gasteiger partial charge in [-0.05, 0) is 37.3 Å². The minimum atomic E-state index is -0.447. The number of esters is 1. The van der Waals surface area contributed by atoms with E-state index in [-0.39, 0.29) is 5.97 Å². The Kier molecular flexibility index (Phi) is 5.16. The van der Waals surface area contributed by atoms with Gasteiger partial charge >= 0.3 is 12.0 Å². The van der Waals surface area contributed by atoms with Crippen LogP contribution in [0, 0.1) is 0 Å². The molecule has 0 aliphatic rings. The Labute approximate surface area is 152 Å². The van der Waals surface area contributed by atoms with Crippen molar-refractivity contribution in [3.05, 3.63) is 53.1 Å². The van der Waals surface area contributed by atoms with E-state index in [9.17, 15) is 9.59 Å². The van der Waals surface area contributed by atoms with Crippen LogP contribution in [0.25, 0.3) is 10.2 Å². The number of nitrogens with one attached hydrogen (secondary N) is 2. The molecule has 2 amide bonds. The van der Waals surface area contributed by atoms with Crippen LogP contribution < -0.4 is 10.6 Å². The number of nitrogens with zero attached hydrogens (tertiary/aromatic N) is 1. The molecule has 2 N–H and O–H groups in total. The first kappa shape index (κ1) is 17.2. The number of halogens is 1. The van der Waals surface area contributed by atoms with Gasteiger partial charge in [-0.15, -0.1) is 0 Å². The van der Waals surface area contributed by atoms with Crippen molar-refractivity contribution in [2.45, 2.75) is 6.92 Å². The summed E-state index contributed by atoms with van der Waals surface area (Å²) in [5, 5.41) is 6.19. The number of carbonyl (C=O) groups is 2. The molecular weight excluding hydrogens is 362 g/mol. The summed E-state index contributed by atoms with van der Waals surface area (Å²) in [6.07, 6.45) is 0. The summed E-state index contributed by atoms with van der Waals surface area (Å²) in [6, 6.07) is 11.6. The number of aromatic nitrogens is 1. The molecule has 0 aliphatic heterocycles. The van der Waals surface area contributed by atoms with Crippen molar-refractivity contribution in [2.24, 2.45) is 0 Å². The van der Waals surface area contributed by atoms with E-state index in [1.54, 1.807) is 49.4 Å². The number of benzene rings is 2. The highest BCUT2D eigenvalue weighted by Crippen LogP contribution is 2.27. The van der Waals surface area contributed by atoms with Gasteiger partial charge in [0.05, 0.1) is 33.1 Å². The van der Waals surface area contributed by atoms with Crippen molar-refractivity contribution < 1.29 is 14.3 Å². The van der Waals surface area contributed by atoms with E-state index in [1.165, 1.54) is 11.3 Å². The van der Waals surface area contributed by atoms with Gasteiger partial charge in [-0.2, -0.15) is 0 Å². The first-order chi connectivity index (χ1) is 12.1. The molecule has 0 bridgehead atoms. The lowest BCUT2D eigenvalue weighted by Crippen LogP contribution is -2.19. The molecule has 0 saturated heterocycles. The lowest BCUT2D eigenvalue weighted by atomic mass is 10.2.